The molecule has 0 unspecified atom stereocenters. The molecule has 0 saturated heterocycles. The molecule has 0 rings (SSSR count). The van der Waals surface area contributed by atoms with Crippen LogP contribution < -0.4 is 0 Å². The molecule has 0 fully saturated rings. The molecular weight excluding hydrogens is 250 g/mol. The van der Waals surface area contributed by atoms with E-state index >= 15 is 0 Å². The Balaban J connectivity index is 3.63. The molecule has 0 aromatic carbocycles. The van der Waals surface area contributed by atoms with Crippen molar-refractivity contribution in [3.8, 4) is 0 Å². The number of ether oxygens (including phenoxy) is 5. The molecule has 19 heavy (non-hydrogen) atoms. The highest BCUT2D eigenvalue weighted by atomic mass is 16.7. The van der Waals surface area contributed by atoms with Gasteiger partial charge in [0.15, 0.2) is 0 Å². The van der Waals surface area contributed by atoms with Gasteiger partial charge < -0.3 is 23.7 Å². The predicted octanol–water partition coefficient (Wildman–Crippen LogP) is 0.956. The van der Waals surface area contributed by atoms with Crippen molar-refractivity contribution in [2.75, 3.05) is 73.9 Å². The zero-order valence-electron chi connectivity index (χ0n) is 12.6. The molecule has 0 aromatic heterocycles. The number of rotatable bonds is 15. The van der Waals surface area contributed by atoms with E-state index in [0.717, 1.165) is 39.3 Å². The zero-order chi connectivity index (χ0) is 14.2. The topological polar surface area (TPSA) is 49.4 Å². The molecule has 0 aromatic rings. The molecule has 6 heteroatoms. The van der Waals surface area contributed by atoms with E-state index in [9.17, 15) is 0 Å². The Morgan fingerprint density at radius 3 is 1.89 bits per heavy atom. The Morgan fingerprint density at radius 1 is 0.737 bits per heavy atom. The summed E-state index contributed by atoms with van der Waals surface area (Å²) in [6.07, 6.45) is 0.972. The maximum atomic E-state index is 5.38. The van der Waals surface area contributed by atoms with E-state index < -0.39 is 0 Å². The van der Waals surface area contributed by atoms with Crippen molar-refractivity contribution in [2.45, 2.75) is 13.3 Å². The lowest BCUT2D eigenvalue weighted by atomic mass is 10.4. The van der Waals surface area contributed by atoms with Crippen molar-refractivity contribution >= 4 is 0 Å². The Bertz CT molecular complexity index is 171. The summed E-state index contributed by atoms with van der Waals surface area (Å²) < 4.78 is 25.6. The van der Waals surface area contributed by atoms with E-state index in [0.29, 0.717) is 26.8 Å². The average molecular weight is 279 g/mol. The summed E-state index contributed by atoms with van der Waals surface area (Å²) in [6, 6.07) is 0. The summed E-state index contributed by atoms with van der Waals surface area (Å²) in [5.41, 5.74) is 0. The predicted molar refractivity (Wildman–Crippen MR) is 73.2 cm³/mol. The van der Waals surface area contributed by atoms with E-state index in [4.69, 9.17) is 23.7 Å². The molecule has 0 radical (unpaired) electrons. The monoisotopic (exact) mass is 279 g/mol. The molecule has 0 N–H and O–H groups in total. The standard InChI is InChI=1S/C13H29NO5/c1-4-17-10-7-14(8-11-19-13-16-3)6-5-9-18-12-15-2/h4-13H2,1-3H3. The minimum absolute atomic E-state index is 0.344. The summed E-state index contributed by atoms with van der Waals surface area (Å²) in [4.78, 5) is 2.31. The molecule has 0 bridgehead atoms. The molecule has 0 atom stereocenters. The van der Waals surface area contributed by atoms with Gasteiger partial charge in [-0.05, 0) is 13.3 Å². The van der Waals surface area contributed by atoms with E-state index in [1.165, 1.54) is 0 Å². The highest BCUT2D eigenvalue weighted by molar-refractivity contribution is 4.57. The summed E-state index contributed by atoms with van der Waals surface area (Å²) in [5.74, 6) is 0. The van der Waals surface area contributed by atoms with Gasteiger partial charge in [0.25, 0.3) is 0 Å². The lowest BCUT2D eigenvalue weighted by molar-refractivity contribution is -0.0427. The first kappa shape index (κ1) is 18.8. The molecule has 0 spiro atoms. The van der Waals surface area contributed by atoms with Crippen LogP contribution in [0.1, 0.15) is 13.3 Å². The number of hydrogen-bond donors (Lipinski definition) is 0. The van der Waals surface area contributed by atoms with E-state index in [1.54, 1.807) is 14.2 Å². The quantitative estimate of drug-likeness (QED) is 0.329. The number of nitrogens with zero attached hydrogens (tertiary/aromatic N) is 1. The highest BCUT2D eigenvalue weighted by Crippen LogP contribution is 1.94. The van der Waals surface area contributed by atoms with Crippen molar-refractivity contribution in [1.29, 1.82) is 0 Å². The van der Waals surface area contributed by atoms with Gasteiger partial charge in [0.05, 0.1) is 19.8 Å². The summed E-state index contributed by atoms with van der Waals surface area (Å²) in [5, 5.41) is 0. The van der Waals surface area contributed by atoms with Gasteiger partial charge in [-0.25, -0.2) is 0 Å². The van der Waals surface area contributed by atoms with E-state index in [1.807, 2.05) is 6.92 Å². The molecule has 6 nitrogen and oxygen atoms in total. The van der Waals surface area contributed by atoms with Gasteiger partial charge in [0, 0.05) is 40.5 Å². The van der Waals surface area contributed by atoms with Crippen LogP contribution in [0.25, 0.3) is 0 Å². The molecular formula is C13H29NO5. The average Bonchev–Trinajstić information content (AvgIpc) is 2.42. The van der Waals surface area contributed by atoms with Crippen molar-refractivity contribution in [3.63, 3.8) is 0 Å². The molecule has 0 aliphatic carbocycles. The zero-order valence-corrected chi connectivity index (χ0v) is 12.6. The third kappa shape index (κ3) is 14.0. The van der Waals surface area contributed by atoms with Crippen molar-refractivity contribution in [3.05, 3.63) is 0 Å². The van der Waals surface area contributed by atoms with Gasteiger partial charge in [-0.3, -0.25) is 4.90 Å². The van der Waals surface area contributed by atoms with E-state index in [2.05, 4.69) is 4.90 Å². The Kier molecular flexibility index (Phi) is 15.6. The van der Waals surface area contributed by atoms with Crippen LogP contribution in [-0.4, -0.2) is 78.8 Å². The van der Waals surface area contributed by atoms with Crippen LogP contribution in [0.4, 0.5) is 0 Å². The van der Waals surface area contributed by atoms with Crippen molar-refractivity contribution in [2.24, 2.45) is 0 Å². The Morgan fingerprint density at radius 2 is 1.32 bits per heavy atom. The fourth-order valence-corrected chi connectivity index (χ4v) is 1.54. The number of hydrogen-bond acceptors (Lipinski definition) is 6. The summed E-state index contributed by atoms with van der Waals surface area (Å²) in [6.45, 7) is 8.33. The third-order valence-corrected chi connectivity index (χ3v) is 2.47. The summed E-state index contributed by atoms with van der Waals surface area (Å²) >= 11 is 0. The molecule has 0 aliphatic heterocycles. The van der Waals surface area contributed by atoms with Gasteiger partial charge in [-0.15, -0.1) is 0 Å². The second-order valence-corrected chi connectivity index (χ2v) is 4.02. The minimum atomic E-state index is 0.344. The fraction of sp³-hybridized carbons (Fsp3) is 1.00. The first-order valence-corrected chi connectivity index (χ1v) is 6.78. The first-order valence-electron chi connectivity index (χ1n) is 6.78. The summed E-state index contributed by atoms with van der Waals surface area (Å²) in [7, 11) is 3.25. The maximum Gasteiger partial charge on any atom is 0.146 e. The van der Waals surface area contributed by atoms with Gasteiger partial charge in [0.1, 0.15) is 13.6 Å². The fourth-order valence-electron chi connectivity index (χ4n) is 1.54. The van der Waals surface area contributed by atoms with Gasteiger partial charge >= 0.3 is 0 Å². The molecule has 0 amide bonds. The molecule has 0 saturated carbocycles. The van der Waals surface area contributed by atoms with Gasteiger partial charge in [0.2, 0.25) is 0 Å². The van der Waals surface area contributed by atoms with Gasteiger partial charge in [-0.1, -0.05) is 0 Å². The largest absolute Gasteiger partial charge is 0.380 e. The van der Waals surface area contributed by atoms with Crippen LogP contribution in [0.15, 0.2) is 0 Å². The van der Waals surface area contributed by atoms with Crippen molar-refractivity contribution in [1.82, 2.24) is 4.90 Å². The lowest BCUT2D eigenvalue weighted by Gasteiger charge is -2.22. The van der Waals surface area contributed by atoms with Crippen LogP contribution in [0.3, 0.4) is 0 Å². The van der Waals surface area contributed by atoms with Crippen LogP contribution in [0, 0.1) is 0 Å². The minimum Gasteiger partial charge on any atom is -0.380 e. The normalized spacial score (nSPS) is 11.4. The van der Waals surface area contributed by atoms with E-state index in [-0.39, 0.29) is 0 Å². The van der Waals surface area contributed by atoms with Crippen LogP contribution in [0.5, 0.6) is 0 Å². The third-order valence-electron chi connectivity index (χ3n) is 2.47. The Labute approximate surface area is 116 Å². The molecule has 116 valence electrons. The van der Waals surface area contributed by atoms with Crippen molar-refractivity contribution < 1.29 is 23.7 Å². The van der Waals surface area contributed by atoms with Crippen LogP contribution >= 0.6 is 0 Å². The van der Waals surface area contributed by atoms with Crippen LogP contribution in [-0.2, 0) is 23.7 Å². The lowest BCUT2D eigenvalue weighted by Crippen LogP contribution is -2.32. The number of methoxy groups -OCH3 is 2. The second kappa shape index (κ2) is 15.8. The smallest absolute Gasteiger partial charge is 0.146 e. The first-order chi connectivity index (χ1) is 9.35. The van der Waals surface area contributed by atoms with Gasteiger partial charge in [-0.2, -0.15) is 0 Å². The molecule has 0 heterocycles. The Hall–Kier alpha value is -0.240. The highest BCUT2D eigenvalue weighted by Gasteiger charge is 2.04. The second-order valence-electron chi connectivity index (χ2n) is 4.02. The molecule has 0 aliphatic rings. The van der Waals surface area contributed by atoms with Crippen LogP contribution in [0.2, 0.25) is 0 Å². The maximum absolute atomic E-state index is 5.38. The SMILES string of the molecule is CCOCCN(CCCOCOC)CCOCOC.